The number of piperazine rings is 1. The molecule has 0 spiro atoms. The van der Waals surface area contributed by atoms with Crippen LogP contribution in [0.4, 0.5) is 0 Å². The van der Waals surface area contributed by atoms with Crippen molar-refractivity contribution in [3.8, 4) is 0 Å². The normalized spacial score (nSPS) is 20.7. The fraction of sp³-hybridized carbons (Fsp3) is 0.129. The van der Waals surface area contributed by atoms with E-state index < -0.39 is 15.6 Å². The van der Waals surface area contributed by atoms with Gasteiger partial charge in [-0.1, -0.05) is 29.8 Å². The van der Waals surface area contributed by atoms with E-state index in [2.05, 4.69) is 20.8 Å². The zero-order valence-electron chi connectivity index (χ0n) is 22.4. The Hall–Kier alpha value is -4.51. The van der Waals surface area contributed by atoms with E-state index in [0.29, 0.717) is 10.6 Å². The molecule has 0 saturated carbocycles. The number of fused-ring (bicyclic) bond motifs is 1. The van der Waals surface area contributed by atoms with E-state index in [1.165, 1.54) is 10.5 Å². The summed E-state index contributed by atoms with van der Waals surface area (Å²) in [7, 11) is -4.02. The van der Waals surface area contributed by atoms with Gasteiger partial charge in [-0.25, -0.2) is 8.42 Å². The molecule has 42 heavy (non-hydrogen) atoms. The highest BCUT2D eigenvalue weighted by atomic mass is 35.5. The lowest BCUT2D eigenvalue weighted by atomic mass is 9.79. The van der Waals surface area contributed by atoms with Crippen LogP contribution in [0, 0.1) is 0 Å². The summed E-state index contributed by atoms with van der Waals surface area (Å²) in [6.07, 6.45) is 19.5. The summed E-state index contributed by atoms with van der Waals surface area (Å²) in [4.78, 5) is 16.8. The smallest absolute Gasteiger partial charge is 0.243 e. The average molecular weight is 599 g/mol. The van der Waals surface area contributed by atoms with Crippen LogP contribution in [0.5, 0.6) is 0 Å². The van der Waals surface area contributed by atoms with Gasteiger partial charge in [-0.15, -0.1) is 5.10 Å². The Morgan fingerprint density at radius 1 is 0.905 bits per heavy atom. The van der Waals surface area contributed by atoms with Gasteiger partial charge >= 0.3 is 0 Å². The summed E-state index contributed by atoms with van der Waals surface area (Å²) in [6.45, 7) is 0.236. The number of ketones is 1. The second kappa shape index (κ2) is 11.4. The van der Waals surface area contributed by atoms with Crippen molar-refractivity contribution in [1.82, 2.24) is 30.0 Å². The van der Waals surface area contributed by atoms with Crippen LogP contribution in [0.3, 0.4) is 0 Å². The molecule has 6 rings (SSSR count). The van der Waals surface area contributed by atoms with Crippen molar-refractivity contribution in [3.05, 3.63) is 138 Å². The summed E-state index contributed by atoms with van der Waals surface area (Å²) in [5, 5.41) is 16.4. The number of sulfonamides is 1. The number of benzene rings is 2. The van der Waals surface area contributed by atoms with Crippen LogP contribution in [0.1, 0.15) is 10.5 Å². The van der Waals surface area contributed by atoms with Gasteiger partial charge in [0.1, 0.15) is 11.2 Å². The van der Waals surface area contributed by atoms with Gasteiger partial charge in [0.2, 0.25) is 15.8 Å². The Morgan fingerprint density at radius 3 is 2.48 bits per heavy atom. The number of carbonyl (C=O) groups is 1. The van der Waals surface area contributed by atoms with Crippen LogP contribution in [-0.2, 0) is 10.0 Å². The van der Waals surface area contributed by atoms with Gasteiger partial charge in [0.05, 0.1) is 4.90 Å². The molecule has 9 nitrogen and oxygen atoms in total. The van der Waals surface area contributed by atoms with Gasteiger partial charge in [-0.05, 0) is 83.1 Å². The van der Waals surface area contributed by atoms with E-state index in [1.54, 1.807) is 85.5 Å². The molecule has 212 valence electrons. The lowest BCUT2D eigenvalue weighted by molar-refractivity contribution is 0.0565. The molecule has 0 bridgehead atoms. The molecule has 2 N–H and O–H groups in total. The van der Waals surface area contributed by atoms with E-state index in [1.807, 2.05) is 29.2 Å². The molecule has 2 aromatic carbocycles. The fourth-order valence-corrected chi connectivity index (χ4v) is 7.12. The zero-order valence-corrected chi connectivity index (χ0v) is 24.0. The summed E-state index contributed by atoms with van der Waals surface area (Å²) in [6, 6.07) is 13.5. The van der Waals surface area contributed by atoms with Crippen molar-refractivity contribution in [3.63, 3.8) is 0 Å². The van der Waals surface area contributed by atoms with Crippen molar-refractivity contribution in [2.24, 2.45) is 0 Å². The third kappa shape index (κ3) is 5.04. The highest BCUT2D eigenvalue weighted by Crippen LogP contribution is 2.39. The second-order valence-electron chi connectivity index (χ2n) is 9.87. The molecule has 1 atom stereocenters. The molecule has 4 heterocycles. The molecule has 3 aromatic rings. The minimum atomic E-state index is -4.02. The largest absolute Gasteiger partial charge is 0.368 e. The first-order chi connectivity index (χ1) is 20.4. The summed E-state index contributed by atoms with van der Waals surface area (Å²) >= 11 is 6.14. The Labute approximate surface area is 248 Å². The Bertz CT molecular complexity index is 1830. The molecule has 0 amide bonds. The van der Waals surface area contributed by atoms with Crippen molar-refractivity contribution in [1.29, 1.82) is 0 Å². The number of carbonyl (C=O) groups excluding carboxylic acids is 1. The number of nitrogens with one attached hydrogen (secondary N) is 2. The van der Waals surface area contributed by atoms with Crippen LogP contribution in [0.2, 0.25) is 5.02 Å². The number of Topliss-reactive ketones (excluding diaryl/α,β-unsaturated/α-hetero) is 1. The first kappa shape index (κ1) is 27.6. The maximum atomic E-state index is 14.7. The Balaban J connectivity index is 1.52. The zero-order chi connectivity index (χ0) is 29.2. The van der Waals surface area contributed by atoms with E-state index in [0.717, 1.165) is 16.5 Å². The van der Waals surface area contributed by atoms with Crippen LogP contribution < -0.4 is 10.6 Å². The molecule has 1 aromatic heterocycles. The molecule has 1 saturated heterocycles. The maximum absolute atomic E-state index is 14.7. The SMILES string of the molecule is O=C(c1cccnn1)C1(C2=CC=CNC=C2)CN(S(=O)(=O)c2ccc3cc(Cl)ccc3c2)CCN1C1=CC=CNC=C1. The van der Waals surface area contributed by atoms with Crippen LogP contribution in [-0.4, -0.2) is 58.8 Å². The van der Waals surface area contributed by atoms with Gasteiger partial charge in [-0.3, -0.25) is 4.79 Å². The number of nitrogens with zero attached hydrogens (tertiary/aromatic N) is 4. The molecule has 1 unspecified atom stereocenters. The van der Waals surface area contributed by atoms with Gasteiger partial charge in [0.15, 0.2) is 0 Å². The van der Waals surface area contributed by atoms with E-state index in [-0.39, 0.29) is 36.0 Å². The van der Waals surface area contributed by atoms with Crippen molar-refractivity contribution < 1.29 is 13.2 Å². The van der Waals surface area contributed by atoms with Gasteiger partial charge < -0.3 is 15.5 Å². The molecule has 0 radical (unpaired) electrons. The minimum absolute atomic E-state index is 0.131. The molecule has 3 aliphatic heterocycles. The van der Waals surface area contributed by atoms with Crippen molar-refractivity contribution >= 4 is 38.2 Å². The second-order valence-corrected chi connectivity index (χ2v) is 12.2. The number of hydrogen-bond acceptors (Lipinski definition) is 8. The maximum Gasteiger partial charge on any atom is 0.243 e. The summed E-state index contributed by atoms with van der Waals surface area (Å²) in [5.41, 5.74) is -0.00864. The first-order valence-electron chi connectivity index (χ1n) is 13.3. The highest BCUT2D eigenvalue weighted by molar-refractivity contribution is 7.89. The molecule has 1 fully saturated rings. The number of halogens is 1. The van der Waals surface area contributed by atoms with E-state index >= 15 is 0 Å². The molecule has 0 aliphatic carbocycles. The predicted molar refractivity (Wildman–Crippen MR) is 163 cm³/mol. The fourth-order valence-electron chi connectivity index (χ4n) is 5.45. The van der Waals surface area contributed by atoms with E-state index in [4.69, 9.17) is 11.6 Å². The lowest BCUT2D eigenvalue weighted by Gasteiger charge is -2.51. The van der Waals surface area contributed by atoms with Crippen LogP contribution >= 0.6 is 11.6 Å². The summed E-state index contributed by atoms with van der Waals surface area (Å²) < 4.78 is 29.9. The quantitative estimate of drug-likeness (QED) is 0.405. The van der Waals surface area contributed by atoms with Crippen molar-refractivity contribution in [2.75, 3.05) is 19.6 Å². The first-order valence-corrected chi connectivity index (χ1v) is 15.1. The Kier molecular flexibility index (Phi) is 7.51. The Morgan fingerprint density at radius 2 is 1.67 bits per heavy atom. The van der Waals surface area contributed by atoms with E-state index in [9.17, 15) is 13.2 Å². The van der Waals surface area contributed by atoms with Gasteiger partial charge in [0, 0.05) is 61.4 Å². The van der Waals surface area contributed by atoms with Gasteiger partial charge in [0.25, 0.3) is 0 Å². The summed E-state index contributed by atoms with van der Waals surface area (Å²) in [5.74, 6) is -0.370. The minimum Gasteiger partial charge on any atom is -0.368 e. The average Bonchev–Trinajstić information content (AvgIpc) is 3.47. The number of allylic oxidation sites excluding steroid dienone is 5. The molecular weight excluding hydrogens is 572 g/mol. The van der Waals surface area contributed by atoms with Crippen LogP contribution in [0.25, 0.3) is 10.8 Å². The van der Waals surface area contributed by atoms with Crippen LogP contribution in [0.15, 0.2) is 132 Å². The van der Waals surface area contributed by atoms with Gasteiger partial charge in [-0.2, -0.15) is 9.40 Å². The topological polar surface area (TPSA) is 108 Å². The lowest BCUT2D eigenvalue weighted by Crippen LogP contribution is -2.67. The molecule has 11 heteroatoms. The molecule has 3 aliphatic rings. The highest BCUT2D eigenvalue weighted by Gasteiger charge is 2.53. The number of rotatable bonds is 6. The third-order valence-electron chi connectivity index (χ3n) is 7.46. The standard InChI is InChI=1S/C31H27ClN6O3S/c32-26-9-7-24-21-28(10-8-23(24)20-26)42(40,41)37-18-19-38(27-5-2-14-34-17-12-27)31(22-37,25-4-1-13-33-16-11-25)30(39)29-6-3-15-35-36-29/h1-17,20-21,33-34H,18-19,22H2. The predicted octanol–water partition coefficient (Wildman–Crippen LogP) is 4.28. The number of hydrogen-bond donors (Lipinski definition) is 2. The molecular formula is C31H27ClN6O3S. The monoisotopic (exact) mass is 598 g/mol. The van der Waals surface area contributed by atoms with Crippen molar-refractivity contribution in [2.45, 2.75) is 10.4 Å². The number of aromatic nitrogens is 2. The third-order valence-corrected chi connectivity index (χ3v) is 9.53.